The molecule has 0 bridgehead atoms. The molecule has 1 aromatic heterocycles. The van der Waals surface area contributed by atoms with Gasteiger partial charge in [-0.25, -0.2) is 0 Å². The van der Waals surface area contributed by atoms with Gasteiger partial charge in [0, 0.05) is 29.4 Å². The second kappa shape index (κ2) is 7.00. The van der Waals surface area contributed by atoms with Crippen LogP contribution < -0.4 is 11.1 Å². The van der Waals surface area contributed by atoms with Crippen molar-refractivity contribution < 1.29 is 0 Å². The average Bonchev–Trinajstić information content (AvgIpc) is 2.42. The molecule has 3 nitrogen and oxygen atoms in total. The molecular formula is C14H23N3S. The highest BCUT2D eigenvalue weighted by Crippen LogP contribution is 2.29. The van der Waals surface area contributed by atoms with Crippen molar-refractivity contribution in [3.63, 3.8) is 0 Å². The molecule has 2 heterocycles. The van der Waals surface area contributed by atoms with Gasteiger partial charge in [-0.3, -0.25) is 4.98 Å². The summed E-state index contributed by atoms with van der Waals surface area (Å²) in [6, 6.07) is 2.42. The maximum absolute atomic E-state index is 6.02. The van der Waals surface area contributed by atoms with Gasteiger partial charge in [0.1, 0.15) is 0 Å². The fourth-order valence-electron chi connectivity index (χ4n) is 2.53. The smallest absolute Gasteiger partial charge is 0.0378 e. The second-order valence-electron chi connectivity index (χ2n) is 4.85. The molecule has 0 spiro atoms. The van der Waals surface area contributed by atoms with E-state index in [1.54, 1.807) is 6.20 Å². The van der Waals surface area contributed by atoms with Gasteiger partial charge >= 0.3 is 0 Å². The number of nitrogen functional groups attached to an aromatic ring is 1. The van der Waals surface area contributed by atoms with Crippen LogP contribution in [0.15, 0.2) is 18.5 Å². The zero-order chi connectivity index (χ0) is 12.8. The largest absolute Gasteiger partial charge is 0.398 e. The lowest BCUT2D eigenvalue weighted by Gasteiger charge is -2.30. The molecule has 3 N–H and O–H groups in total. The predicted molar refractivity (Wildman–Crippen MR) is 79.9 cm³/mol. The lowest BCUT2D eigenvalue weighted by molar-refractivity contribution is 0.472. The summed E-state index contributed by atoms with van der Waals surface area (Å²) in [6.45, 7) is 3.19. The highest BCUT2D eigenvalue weighted by molar-refractivity contribution is 8.00. The van der Waals surface area contributed by atoms with Crippen molar-refractivity contribution >= 4 is 17.4 Å². The Kier molecular flexibility index (Phi) is 5.32. The minimum absolute atomic E-state index is 0.520. The number of nitrogens with one attached hydrogen (secondary N) is 1. The number of aromatic nitrogens is 1. The third kappa shape index (κ3) is 3.62. The first-order valence-electron chi connectivity index (χ1n) is 6.84. The van der Waals surface area contributed by atoms with Crippen molar-refractivity contribution in [2.24, 2.45) is 0 Å². The van der Waals surface area contributed by atoms with Crippen LogP contribution in [0.4, 0.5) is 5.69 Å². The Morgan fingerprint density at radius 1 is 1.56 bits per heavy atom. The average molecular weight is 265 g/mol. The van der Waals surface area contributed by atoms with Gasteiger partial charge in [-0.15, -0.1) is 0 Å². The SMILES string of the molecule is CCNC(Cc1cnccc1N)C1CCCCS1. The summed E-state index contributed by atoms with van der Waals surface area (Å²) in [7, 11) is 0. The van der Waals surface area contributed by atoms with Crippen molar-refractivity contribution in [1.82, 2.24) is 10.3 Å². The maximum Gasteiger partial charge on any atom is 0.0378 e. The highest BCUT2D eigenvalue weighted by Gasteiger charge is 2.24. The van der Waals surface area contributed by atoms with Crippen LogP contribution in [0.3, 0.4) is 0 Å². The minimum atomic E-state index is 0.520. The quantitative estimate of drug-likeness (QED) is 0.859. The Bertz CT molecular complexity index is 364. The van der Waals surface area contributed by atoms with E-state index >= 15 is 0 Å². The number of pyridine rings is 1. The summed E-state index contributed by atoms with van der Waals surface area (Å²) >= 11 is 2.11. The Balaban J connectivity index is 2.03. The van der Waals surface area contributed by atoms with E-state index in [9.17, 15) is 0 Å². The van der Waals surface area contributed by atoms with E-state index < -0.39 is 0 Å². The maximum atomic E-state index is 6.02. The third-order valence-corrected chi connectivity index (χ3v) is 5.03. The van der Waals surface area contributed by atoms with Crippen LogP contribution in [0.25, 0.3) is 0 Å². The third-order valence-electron chi connectivity index (χ3n) is 3.51. The Morgan fingerprint density at radius 2 is 2.44 bits per heavy atom. The number of hydrogen-bond acceptors (Lipinski definition) is 4. The van der Waals surface area contributed by atoms with Gasteiger partial charge in [-0.2, -0.15) is 11.8 Å². The summed E-state index contributed by atoms with van der Waals surface area (Å²) in [6.07, 6.45) is 8.72. The van der Waals surface area contributed by atoms with Gasteiger partial charge in [-0.05, 0) is 43.2 Å². The molecule has 0 saturated carbocycles. The molecule has 1 fully saturated rings. The Morgan fingerprint density at radius 3 is 3.11 bits per heavy atom. The highest BCUT2D eigenvalue weighted by atomic mass is 32.2. The zero-order valence-electron chi connectivity index (χ0n) is 11.1. The molecule has 1 aromatic rings. The van der Waals surface area contributed by atoms with Gasteiger partial charge in [0.15, 0.2) is 0 Å². The Labute approximate surface area is 114 Å². The van der Waals surface area contributed by atoms with Crippen molar-refractivity contribution in [1.29, 1.82) is 0 Å². The van der Waals surface area contributed by atoms with E-state index in [0.29, 0.717) is 6.04 Å². The molecule has 100 valence electrons. The van der Waals surface area contributed by atoms with E-state index in [4.69, 9.17) is 5.73 Å². The van der Waals surface area contributed by atoms with Crippen LogP contribution in [-0.4, -0.2) is 28.6 Å². The van der Waals surface area contributed by atoms with Gasteiger partial charge in [0.05, 0.1) is 0 Å². The molecule has 2 unspecified atom stereocenters. The topological polar surface area (TPSA) is 50.9 Å². The molecule has 0 amide bonds. The molecule has 2 atom stereocenters. The van der Waals surface area contributed by atoms with Crippen molar-refractivity contribution in [3.8, 4) is 0 Å². The lowest BCUT2D eigenvalue weighted by Crippen LogP contribution is -2.41. The number of anilines is 1. The van der Waals surface area contributed by atoms with Crippen molar-refractivity contribution in [2.75, 3.05) is 18.0 Å². The summed E-state index contributed by atoms with van der Waals surface area (Å²) in [5.74, 6) is 1.30. The Hall–Kier alpha value is -0.740. The summed E-state index contributed by atoms with van der Waals surface area (Å²) in [4.78, 5) is 4.19. The molecular weight excluding hydrogens is 242 g/mol. The van der Waals surface area contributed by atoms with E-state index in [-0.39, 0.29) is 0 Å². The molecule has 1 saturated heterocycles. The number of hydrogen-bond donors (Lipinski definition) is 2. The summed E-state index contributed by atoms with van der Waals surface area (Å²) in [5, 5.41) is 4.34. The normalized spacial score (nSPS) is 21.7. The molecule has 1 aliphatic heterocycles. The summed E-state index contributed by atoms with van der Waals surface area (Å²) < 4.78 is 0. The molecule has 1 aliphatic rings. The van der Waals surface area contributed by atoms with Crippen molar-refractivity contribution in [2.45, 2.75) is 43.9 Å². The van der Waals surface area contributed by atoms with E-state index in [0.717, 1.165) is 23.9 Å². The van der Waals surface area contributed by atoms with Crippen LogP contribution in [-0.2, 0) is 6.42 Å². The predicted octanol–water partition coefficient (Wildman–Crippen LogP) is 2.47. The lowest BCUT2D eigenvalue weighted by atomic mass is 9.99. The van der Waals surface area contributed by atoms with Gasteiger partial charge in [-0.1, -0.05) is 13.3 Å². The first-order valence-corrected chi connectivity index (χ1v) is 7.89. The number of rotatable bonds is 5. The number of thioether (sulfide) groups is 1. The van der Waals surface area contributed by atoms with Crippen LogP contribution in [0.2, 0.25) is 0 Å². The molecule has 0 aromatic carbocycles. The fraction of sp³-hybridized carbons (Fsp3) is 0.643. The molecule has 4 heteroatoms. The summed E-state index contributed by atoms with van der Waals surface area (Å²) in [5.41, 5.74) is 8.06. The van der Waals surface area contributed by atoms with E-state index in [2.05, 4.69) is 29.0 Å². The van der Waals surface area contributed by atoms with Crippen LogP contribution in [0.5, 0.6) is 0 Å². The van der Waals surface area contributed by atoms with Crippen LogP contribution >= 0.6 is 11.8 Å². The standard InChI is InChI=1S/C14H23N3S/c1-2-17-13(14-5-3-4-8-18-14)9-11-10-16-7-6-12(11)15/h6-7,10,13-14,17H,2-5,8-9H2,1H3,(H2,15,16). The van der Waals surface area contributed by atoms with E-state index in [1.165, 1.54) is 30.6 Å². The number of likely N-dealkylation sites (N-methyl/N-ethyl adjacent to an activating group) is 1. The fourth-order valence-corrected chi connectivity index (χ4v) is 3.96. The minimum Gasteiger partial charge on any atom is -0.398 e. The van der Waals surface area contributed by atoms with Gasteiger partial charge < -0.3 is 11.1 Å². The zero-order valence-corrected chi connectivity index (χ0v) is 11.9. The molecule has 2 rings (SSSR count). The molecule has 0 radical (unpaired) electrons. The first-order chi connectivity index (χ1) is 8.81. The second-order valence-corrected chi connectivity index (χ2v) is 6.19. The van der Waals surface area contributed by atoms with Gasteiger partial charge in [0.2, 0.25) is 0 Å². The monoisotopic (exact) mass is 265 g/mol. The van der Waals surface area contributed by atoms with Crippen LogP contribution in [0, 0.1) is 0 Å². The number of nitrogens with zero attached hydrogens (tertiary/aromatic N) is 1. The van der Waals surface area contributed by atoms with Crippen molar-refractivity contribution in [3.05, 3.63) is 24.0 Å². The van der Waals surface area contributed by atoms with E-state index in [1.807, 2.05) is 12.3 Å². The number of nitrogens with two attached hydrogens (primary N) is 1. The molecule has 18 heavy (non-hydrogen) atoms. The van der Waals surface area contributed by atoms with Crippen LogP contribution in [0.1, 0.15) is 31.7 Å². The molecule has 0 aliphatic carbocycles. The van der Waals surface area contributed by atoms with Gasteiger partial charge in [0.25, 0.3) is 0 Å². The first kappa shape index (κ1) is 13.7.